The second-order valence-corrected chi connectivity index (χ2v) is 7.67. The fraction of sp³-hybridized carbons (Fsp3) is 0.118. The SMILES string of the molecule is CN(C)C=C(C(=O)c1cc(F)c(F)cc1Cl)S(=O)(=O)c1ccccc1. The van der Waals surface area contributed by atoms with Gasteiger partial charge in [-0.2, -0.15) is 0 Å². The Morgan fingerprint density at radius 2 is 1.64 bits per heavy atom. The van der Waals surface area contributed by atoms with E-state index in [0.717, 1.165) is 6.20 Å². The molecule has 0 heterocycles. The molecule has 0 saturated heterocycles. The van der Waals surface area contributed by atoms with Crippen molar-refractivity contribution >= 4 is 27.2 Å². The number of hydrogen-bond donors (Lipinski definition) is 0. The maximum Gasteiger partial charge on any atom is 0.211 e. The van der Waals surface area contributed by atoms with Gasteiger partial charge in [-0.05, 0) is 24.3 Å². The molecule has 0 amide bonds. The van der Waals surface area contributed by atoms with E-state index in [2.05, 4.69) is 0 Å². The first kappa shape index (κ1) is 19.1. The van der Waals surface area contributed by atoms with Crippen molar-refractivity contribution in [2.75, 3.05) is 14.1 Å². The normalized spacial score (nSPS) is 12.1. The predicted octanol–water partition coefficient (Wildman–Crippen LogP) is 3.68. The molecule has 132 valence electrons. The van der Waals surface area contributed by atoms with Gasteiger partial charge in [0.05, 0.1) is 9.92 Å². The molecule has 0 atom stereocenters. The predicted molar refractivity (Wildman–Crippen MR) is 91.1 cm³/mol. The lowest BCUT2D eigenvalue weighted by molar-refractivity contribution is 0.104. The molecular formula is C17H14ClF2NO3S. The second-order valence-electron chi connectivity index (χ2n) is 5.35. The van der Waals surface area contributed by atoms with Crippen molar-refractivity contribution in [2.45, 2.75) is 4.90 Å². The van der Waals surface area contributed by atoms with Crippen LogP contribution < -0.4 is 0 Å². The highest BCUT2D eigenvalue weighted by Gasteiger charge is 2.30. The number of hydrogen-bond acceptors (Lipinski definition) is 4. The van der Waals surface area contributed by atoms with Gasteiger partial charge in [0.1, 0.15) is 4.91 Å². The van der Waals surface area contributed by atoms with Gasteiger partial charge in [0.25, 0.3) is 0 Å². The highest BCUT2D eigenvalue weighted by atomic mass is 35.5. The molecule has 0 spiro atoms. The van der Waals surface area contributed by atoms with Crippen LogP contribution in [0.4, 0.5) is 8.78 Å². The van der Waals surface area contributed by atoms with Crippen molar-refractivity contribution in [3.63, 3.8) is 0 Å². The average Bonchev–Trinajstić information content (AvgIpc) is 2.56. The first-order valence-electron chi connectivity index (χ1n) is 7.02. The Hall–Kier alpha value is -2.25. The zero-order valence-electron chi connectivity index (χ0n) is 13.3. The number of sulfone groups is 1. The van der Waals surface area contributed by atoms with E-state index in [4.69, 9.17) is 11.6 Å². The van der Waals surface area contributed by atoms with Gasteiger partial charge in [-0.3, -0.25) is 4.79 Å². The molecule has 0 N–H and O–H groups in total. The third-order valence-corrected chi connectivity index (χ3v) is 5.27. The summed E-state index contributed by atoms with van der Waals surface area (Å²) in [5.41, 5.74) is -0.437. The molecule has 0 fully saturated rings. The first-order chi connectivity index (χ1) is 11.6. The molecular weight excluding hydrogens is 372 g/mol. The van der Waals surface area contributed by atoms with Crippen LogP contribution in [0.3, 0.4) is 0 Å². The van der Waals surface area contributed by atoms with E-state index in [1.807, 2.05) is 0 Å². The number of halogens is 3. The Morgan fingerprint density at radius 3 is 2.20 bits per heavy atom. The summed E-state index contributed by atoms with van der Waals surface area (Å²) in [6.07, 6.45) is 1.10. The van der Waals surface area contributed by atoms with E-state index in [0.29, 0.717) is 12.1 Å². The molecule has 4 nitrogen and oxygen atoms in total. The lowest BCUT2D eigenvalue weighted by atomic mass is 10.1. The van der Waals surface area contributed by atoms with Gasteiger partial charge in [-0.15, -0.1) is 0 Å². The molecule has 0 unspecified atom stereocenters. The molecule has 2 aromatic carbocycles. The standard InChI is InChI=1S/C17H14ClF2NO3S/c1-21(2)10-16(25(23,24)11-6-4-3-5-7-11)17(22)12-8-14(19)15(20)9-13(12)18/h3-10H,1-2H3. The van der Waals surface area contributed by atoms with Gasteiger partial charge in [0.2, 0.25) is 15.6 Å². The molecule has 2 aromatic rings. The van der Waals surface area contributed by atoms with Gasteiger partial charge >= 0.3 is 0 Å². The number of nitrogens with zero attached hydrogens (tertiary/aromatic N) is 1. The van der Waals surface area contributed by atoms with Crippen molar-refractivity contribution in [2.24, 2.45) is 0 Å². The Kier molecular flexibility index (Phi) is 5.59. The van der Waals surface area contributed by atoms with Crippen LogP contribution in [0.25, 0.3) is 0 Å². The number of allylic oxidation sites excluding steroid dienone is 1. The number of rotatable bonds is 5. The average molecular weight is 386 g/mol. The third-order valence-electron chi connectivity index (χ3n) is 3.20. The molecule has 0 aromatic heterocycles. The van der Waals surface area contributed by atoms with E-state index in [1.54, 1.807) is 6.07 Å². The minimum absolute atomic E-state index is 0.102. The summed E-state index contributed by atoms with van der Waals surface area (Å²) >= 11 is 5.81. The van der Waals surface area contributed by atoms with Gasteiger partial charge in [0, 0.05) is 25.9 Å². The fourth-order valence-corrected chi connectivity index (χ4v) is 3.75. The van der Waals surface area contributed by atoms with E-state index >= 15 is 0 Å². The van der Waals surface area contributed by atoms with Gasteiger partial charge in [-0.25, -0.2) is 17.2 Å². The highest BCUT2D eigenvalue weighted by Crippen LogP contribution is 2.27. The molecule has 8 heteroatoms. The zero-order chi connectivity index (χ0) is 18.8. The highest BCUT2D eigenvalue weighted by molar-refractivity contribution is 7.96. The Labute approximate surface area is 149 Å². The molecule has 0 aliphatic carbocycles. The number of carbonyl (C=O) groups is 1. The summed E-state index contributed by atoms with van der Waals surface area (Å²) < 4.78 is 52.4. The summed E-state index contributed by atoms with van der Waals surface area (Å²) in [7, 11) is -1.13. The van der Waals surface area contributed by atoms with Crippen molar-refractivity contribution in [3.8, 4) is 0 Å². The summed E-state index contributed by atoms with van der Waals surface area (Å²) in [6, 6.07) is 8.53. The van der Waals surface area contributed by atoms with E-state index < -0.39 is 37.7 Å². The van der Waals surface area contributed by atoms with Crippen LogP contribution in [0.5, 0.6) is 0 Å². The van der Waals surface area contributed by atoms with E-state index in [1.165, 1.54) is 43.3 Å². The molecule has 0 bridgehead atoms. The van der Waals surface area contributed by atoms with Crippen molar-refractivity contribution in [1.82, 2.24) is 4.90 Å². The maximum absolute atomic E-state index is 13.5. The van der Waals surface area contributed by atoms with Crippen LogP contribution in [0.2, 0.25) is 5.02 Å². The van der Waals surface area contributed by atoms with Crippen molar-refractivity contribution in [1.29, 1.82) is 0 Å². The lowest BCUT2D eigenvalue weighted by Crippen LogP contribution is -2.18. The Balaban J connectivity index is 2.64. The summed E-state index contributed by atoms with van der Waals surface area (Å²) in [6.45, 7) is 0. The van der Waals surface area contributed by atoms with Gasteiger partial charge in [-0.1, -0.05) is 29.8 Å². The summed E-state index contributed by atoms with van der Waals surface area (Å²) in [5, 5.41) is -0.378. The lowest BCUT2D eigenvalue weighted by Gasteiger charge is -2.13. The van der Waals surface area contributed by atoms with Crippen LogP contribution in [0.1, 0.15) is 10.4 Å². The molecule has 25 heavy (non-hydrogen) atoms. The molecule has 0 aliphatic rings. The van der Waals surface area contributed by atoms with E-state index in [9.17, 15) is 22.0 Å². The topological polar surface area (TPSA) is 54.5 Å². The largest absolute Gasteiger partial charge is 0.382 e. The number of carbonyl (C=O) groups excluding carboxylic acids is 1. The molecule has 2 rings (SSSR count). The summed E-state index contributed by atoms with van der Waals surface area (Å²) in [5.74, 6) is -3.55. The van der Waals surface area contributed by atoms with Crippen LogP contribution in [0, 0.1) is 11.6 Å². The molecule has 0 radical (unpaired) electrons. The van der Waals surface area contributed by atoms with Crippen molar-refractivity contribution in [3.05, 3.63) is 75.8 Å². The monoisotopic (exact) mass is 385 g/mol. The van der Waals surface area contributed by atoms with Crippen LogP contribution >= 0.6 is 11.6 Å². The smallest absolute Gasteiger partial charge is 0.211 e. The molecule has 0 saturated carbocycles. The number of benzene rings is 2. The fourth-order valence-electron chi connectivity index (χ4n) is 2.04. The number of Topliss-reactive ketones (excluding diaryl/α,β-unsaturated/α-hetero) is 1. The third kappa shape index (κ3) is 4.05. The minimum atomic E-state index is -4.19. The minimum Gasteiger partial charge on any atom is -0.382 e. The first-order valence-corrected chi connectivity index (χ1v) is 8.88. The second kappa shape index (κ2) is 7.33. The van der Waals surface area contributed by atoms with Crippen molar-refractivity contribution < 1.29 is 22.0 Å². The van der Waals surface area contributed by atoms with Gasteiger partial charge < -0.3 is 4.90 Å². The zero-order valence-corrected chi connectivity index (χ0v) is 14.9. The number of ketones is 1. The quantitative estimate of drug-likeness (QED) is 0.447. The van der Waals surface area contributed by atoms with E-state index in [-0.39, 0.29) is 9.92 Å². The van der Waals surface area contributed by atoms with Crippen LogP contribution in [-0.2, 0) is 9.84 Å². The molecule has 0 aliphatic heterocycles. The summed E-state index contributed by atoms with van der Waals surface area (Å²) in [4.78, 5) is 13.4. The Bertz CT molecular complexity index is 942. The van der Waals surface area contributed by atoms with Gasteiger partial charge in [0.15, 0.2) is 11.6 Å². The van der Waals surface area contributed by atoms with Crippen LogP contribution in [-0.4, -0.2) is 33.2 Å². The maximum atomic E-state index is 13.5. The Morgan fingerprint density at radius 1 is 1.08 bits per heavy atom. The van der Waals surface area contributed by atoms with Crippen LogP contribution in [0.15, 0.2) is 58.5 Å².